The lowest BCUT2D eigenvalue weighted by Crippen LogP contribution is -2.48. The zero-order valence-corrected chi connectivity index (χ0v) is 20.1. The van der Waals surface area contributed by atoms with E-state index in [0.717, 1.165) is 11.3 Å². The molecule has 1 atom stereocenters. The number of carbonyl (C=O) groups excluding carboxylic acids is 2. The molecule has 2 amide bonds. The van der Waals surface area contributed by atoms with Gasteiger partial charge >= 0.3 is 0 Å². The van der Waals surface area contributed by atoms with Crippen molar-refractivity contribution in [1.82, 2.24) is 10.2 Å². The normalized spacial score (nSPS) is 11.8. The highest BCUT2D eigenvalue weighted by atomic mass is 35.5. The highest BCUT2D eigenvalue weighted by Crippen LogP contribution is 2.24. The van der Waals surface area contributed by atoms with Crippen LogP contribution in [0, 0.1) is 13.8 Å². The average Bonchev–Trinajstić information content (AvgIpc) is 2.69. The van der Waals surface area contributed by atoms with Crippen LogP contribution in [0.25, 0.3) is 0 Å². The lowest BCUT2D eigenvalue weighted by atomic mass is 10.1. The van der Waals surface area contributed by atoms with Gasteiger partial charge in [0.05, 0.1) is 15.8 Å². The molecule has 2 aromatic rings. The first kappa shape index (κ1) is 24.6. The molecule has 0 aliphatic heterocycles. The van der Waals surface area contributed by atoms with Gasteiger partial charge in [-0.2, -0.15) is 0 Å². The Morgan fingerprint density at radius 3 is 2.27 bits per heavy atom. The predicted molar refractivity (Wildman–Crippen MR) is 127 cm³/mol. The van der Waals surface area contributed by atoms with Gasteiger partial charge in [0.25, 0.3) is 0 Å². The van der Waals surface area contributed by atoms with Gasteiger partial charge in [-0.3, -0.25) is 9.59 Å². The summed E-state index contributed by atoms with van der Waals surface area (Å²) in [7, 11) is 1.58. The third kappa shape index (κ3) is 6.93. The number of hydrogen-bond donors (Lipinski definition) is 1. The minimum absolute atomic E-state index is 0.0779. The van der Waals surface area contributed by atoms with Crippen molar-refractivity contribution in [2.24, 2.45) is 0 Å². The predicted octanol–water partition coefficient (Wildman–Crippen LogP) is 5.40. The summed E-state index contributed by atoms with van der Waals surface area (Å²) in [5, 5.41) is 3.55. The van der Waals surface area contributed by atoms with Gasteiger partial charge in [0.15, 0.2) is 0 Å². The molecule has 0 bridgehead atoms. The fraction of sp³-hybridized carbons (Fsp3) is 0.391. The molecule has 0 aliphatic carbocycles. The third-order valence-corrected chi connectivity index (χ3v) is 6.47. The van der Waals surface area contributed by atoms with Gasteiger partial charge in [0.1, 0.15) is 6.04 Å². The monoisotopic (exact) mass is 466 g/mol. The molecule has 4 nitrogen and oxygen atoms in total. The van der Waals surface area contributed by atoms with Crippen LogP contribution >= 0.6 is 35.0 Å². The number of nitrogens with zero attached hydrogens (tertiary/aromatic N) is 1. The first-order chi connectivity index (χ1) is 14.2. The number of thioether (sulfide) groups is 1. The molecule has 0 saturated heterocycles. The van der Waals surface area contributed by atoms with E-state index in [1.54, 1.807) is 35.8 Å². The number of amides is 2. The smallest absolute Gasteiger partial charge is 0.242 e. The molecule has 7 heteroatoms. The van der Waals surface area contributed by atoms with Crippen LogP contribution in [0.2, 0.25) is 10.0 Å². The van der Waals surface area contributed by atoms with Gasteiger partial charge in [-0.05, 0) is 43.5 Å². The Kier molecular flexibility index (Phi) is 9.53. The van der Waals surface area contributed by atoms with E-state index in [4.69, 9.17) is 23.2 Å². The van der Waals surface area contributed by atoms with E-state index in [1.165, 1.54) is 16.7 Å². The van der Waals surface area contributed by atoms with Crippen LogP contribution in [-0.4, -0.2) is 35.6 Å². The Morgan fingerprint density at radius 1 is 1.03 bits per heavy atom. The molecule has 0 spiro atoms. The number of likely N-dealkylation sites (N-methyl/N-ethyl adjacent to an activating group) is 1. The lowest BCUT2D eigenvalue weighted by molar-refractivity contribution is -0.139. The van der Waals surface area contributed by atoms with Crippen LogP contribution in [-0.2, 0) is 21.9 Å². The fourth-order valence-corrected chi connectivity index (χ4v) is 4.58. The first-order valence-electron chi connectivity index (χ1n) is 9.85. The van der Waals surface area contributed by atoms with E-state index in [9.17, 15) is 9.59 Å². The number of carbonyl (C=O) groups is 2. The maximum Gasteiger partial charge on any atom is 0.242 e. The topological polar surface area (TPSA) is 49.4 Å². The van der Waals surface area contributed by atoms with E-state index in [-0.39, 0.29) is 11.8 Å². The van der Waals surface area contributed by atoms with Crippen LogP contribution in [0.4, 0.5) is 0 Å². The number of aryl methyl sites for hydroxylation is 2. The molecule has 0 saturated carbocycles. The van der Waals surface area contributed by atoms with Crippen molar-refractivity contribution in [3.8, 4) is 0 Å². The summed E-state index contributed by atoms with van der Waals surface area (Å²) in [6.45, 7) is 6.34. The van der Waals surface area contributed by atoms with Crippen molar-refractivity contribution in [2.75, 3.05) is 12.8 Å². The summed E-state index contributed by atoms with van der Waals surface area (Å²) in [6.07, 6.45) is 0.522. The average molecular weight is 467 g/mol. The molecular weight excluding hydrogens is 439 g/mol. The standard InChI is InChI=1S/C23H28Cl2N2O2S/c1-5-21(23(29)26-4)27(12-17-6-7-19(24)20(25)11-17)22(28)14-30-13-18-9-15(2)8-16(3)10-18/h6-11,21H,5,12-14H2,1-4H3,(H,26,29)/t21-/m1/s1. The van der Waals surface area contributed by atoms with Gasteiger partial charge < -0.3 is 10.2 Å². The molecule has 0 heterocycles. The van der Waals surface area contributed by atoms with Gasteiger partial charge in [-0.25, -0.2) is 0 Å². The molecule has 2 rings (SSSR count). The Labute approximate surface area is 193 Å². The number of hydrogen-bond acceptors (Lipinski definition) is 3. The Balaban J connectivity index is 2.14. The summed E-state index contributed by atoms with van der Waals surface area (Å²) in [5.41, 5.74) is 4.45. The largest absolute Gasteiger partial charge is 0.357 e. The molecule has 0 aromatic heterocycles. The fourth-order valence-electron chi connectivity index (χ4n) is 3.41. The molecule has 0 aliphatic rings. The van der Waals surface area contributed by atoms with Gasteiger partial charge in [-0.1, -0.05) is 65.5 Å². The van der Waals surface area contributed by atoms with Crippen LogP contribution < -0.4 is 5.32 Å². The molecule has 2 aromatic carbocycles. The van der Waals surface area contributed by atoms with Crippen LogP contribution in [0.3, 0.4) is 0 Å². The third-order valence-electron chi connectivity index (χ3n) is 4.74. The second-order valence-electron chi connectivity index (χ2n) is 7.30. The zero-order valence-electron chi connectivity index (χ0n) is 17.8. The number of nitrogens with one attached hydrogen (secondary N) is 1. The van der Waals surface area contributed by atoms with Crippen molar-refractivity contribution in [3.63, 3.8) is 0 Å². The maximum atomic E-state index is 13.1. The molecule has 0 fully saturated rings. The Morgan fingerprint density at radius 2 is 1.70 bits per heavy atom. The van der Waals surface area contributed by atoms with Crippen LogP contribution in [0.5, 0.6) is 0 Å². The SMILES string of the molecule is CC[C@H](C(=O)NC)N(Cc1ccc(Cl)c(Cl)c1)C(=O)CSCc1cc(C)cc(C)c1. The van der Waals surface area contributed by atoms with E-state index < -0.39 is 6.04 Å². The Hall–Kier alpha value is -1.69. The quantitative estimate of drug-likeness (QED) is 0.538. The molecule has 30 heavy (non-hydrogen) atoms. The van der Waals surface area contributed by atoms with Gasteiger partial charge in [-0.15, -0.1) is 11.8 Å². The van der Waals surface area contributed by atoms with Crippen molar-refractivity contribution < 1.29 is 9.59 Å². The van der Waals surface area contributed by atoms with Crippen molar-refractivity contribution in [3.05, 3.63) is 68.7 Å². The summed E-state index contributed by atoms with van der Waals surface area (Å²) >= 11 is 13.7. The van der Waals surface area contributed by atoms with Crippen molar-refractivity contribution >= 4 is 46.8 Å². The zero-order chi connectivity index (χ0) is 22.3. The summed E-state index contributed by atoms with van der Waals surface area (Å²) in [6, 6.07) is 11.1. The number of rotatable bonds is 9. The van der Waals surface area contributed by atoms with Crippen LogP contribution in [0.1, 0.15) is 35.6 Å². The summed E-state index contributed by atoms with van der Waals surface area (Å²) < 4.78 is 0. The highest BCUT2D eigenvalue weighted by molar-refractivity contribution is 7.99. The summed E-state index contributed by atoms with van der Waals surface area (Å²) in [5.74, 6) is 0.782. The molecule has 162 valence electrons. The maximum absolute atomic E-state index is 13.1. The summed E-state index contributed by atoms with van der Waals surface area (Å²) in [4.78, 5) is 27.2. The van der Waals surface area contributed by atoms with E-state index in [1.807, 2.05) is 13.0 Å². The van der Waals surface area contributed by atoms with E-state index in [2.05, 4.69) is 37.4 Å². The van der Waals surface area contributed by atoms with Gasteiger partial charge in [0.2, 0.25) is 11.8 Å². The first-order valence-corrected chi connectivity index (χ1v) is 11.8. The van der Waals surface area contributed by atoms with E-state index >= 15 is 0 Å². The minimum Gasteiger partial charge on any atom is -0.357 e. The lowest BCUT2D eigenvalue weighted by Gasteiger charge is -2.30. The second-order valence-corrected chi connectivity index (χ2v) is 9.10. The molecule has 0 unspecified atom stereocenters. The molecular formula is C23H28Cl2N2O2S. The van der Waals surface area contributed by atoms with E-state index in [0.29, 0.717) is 28.8 Å². The highest BCUT2D eigenvalue weighted by Gasteiger charge is 2.28. The minimum atomic E-state index is -0.543. The number of halogens is 2. The molecule has 0 radical (unpaired) electrons. The van der Waals surface area contributed by atoms with Crippen LogP contribution in [0.15, 0.2) is 36.4 Å². The second kappa shape index (κ2) is 11.6. The van der Waals surface area contributed by atoms with Crippen molar-refractivity contribution in [2.45, 2.75) is 45.5 Å². The number of benzene rings is 2. The Bertz CT molecular complexity index is 885. The van der Waals surface area contributed by atoms with Crippen molar-refractivity contribution in [1.29, 1.82) is 0 Å². The molecule has 1 N–H and O–H groups in total. The van der Waals surface area contributed by atoms with Gasteiger partial charge in [0, 0.05) is 19.3 Å².